The fraction of sp³-hybridized carbons (Fsp3) is 0.500. The molecule has 1 amide bonds. The van der Waals surface area contributed by atoms with Gasteiger partial charge in [-0.05, 0) is 32.4 Å². The van der Waals surface area contributed by atoms with E-state index in [9.17, 15) is 9.59 Å². The van der Waals surface area contributed by atoms with Crippen LogP contribution in [0.2, 0.25) is 0 Å². The summed E-state index contributed by atoms with van der Waals surface area (Å²) in [5.74, 6) is -1.07. The molecular weight excluding hydrogens is 304 g/mol. The molecule has 6 heteroatoms. The van der Waals surface area contributed by atoms with Crippen LogP contribution in [0.15, 0.2) is 30.3 Å². The Hall–Kier alpha value is -1.59. The van der Waals surface area contributed by atoms with Crippen molar-refractivity contribution in [3.8, 4) is 0 Å². The van der Waals surface area contributed by atoms with Gasteiger partial charge in [0, 0.05) is 0 Å². The highest BCUT2D eigenvalue weighted by Crippen LogP contribution is 2.12. The smallest absolute Gasteiger partial charge is 0.317 e. The van der Waals surface area contributed by atoms with Crippen molar-refractivity contribution in [1.29, 1.82) is 0 Å². The van der Waals surface area contributed by atoms with Crippen LogP contribution in [0.1, 0.15) is 38.8 Å². The molecule has 0 saturated carbocycles. The highest BCUT2D eigenvalue weighted by molar-refractivity contribution is 5.85. The van der Waals surface area contributed by atoms with E-state index < -0.39 is 12.0 Å². The first kappa shape index (κ1) is 20.4. The molecule has 2 N–H and O–H groups in total. The van der Waals surface area contributed by atoms with E-state index in [1.165, 1.54) is 0 Å². The summed E-state index contributed by atoms with van der Waals surface area (Å²) in [5, 5.41) is 11.9. The SMILES string of the molecule is CCCN(CC(=O)O)C(C)C(=O)NC(C)c1ccccc1.Cl. The van der Waals surface area contributed by atoms with E-state index in [0.717, 1.165) is 12.0 Å². The second-order valence-electron chi connectivity index (χ2n) is 5.18. The maximum atomic E-state index is 12.3. The lowest BCUT2D eigenvalue weighted by Crippen LogP contribution is -2.47. The number of carbonyl (C=O) groups is 2. The van der Waals surface area contributed by atoms with Crippen LogP contribution in [0.4, 0.5) is 0 Å². The minimum Gasteiger partial charge on any atom is -0.480 e. The van der Waals surface area contributed by atoms with Crippen molar-refractivity contribution in [2.24, 2.45) is 0 Å². The molecule has 0 fully saturated rings. The molecule has 0 aromatic heterocycles. The van der Waals surface area contributed by atoms with Crippen molar-refractivity contribution in [3.63, 3.8) is 0 Å². The Morgan fingerprint density at radius 2 is 1.82 bits per heavy atom. The molecule has 1 aromatic carbocycles. The highest BCUT2D eigenvalue weighted by Gasteiger charge is 2.23. The number of benzene rings is 1. The van der Waals surface area contributed by atoms with E-state index >= 15 is 0 Å². The average Bonchev–Trinajstić information content (AvgIpc) is 2.46. The molecule has 0 saturated heterocycles. The highest BCUT2D eigenvalue weighted by atomic mass is 35.5. The molecule has 0 radical (unpaired) electrons. The van der Waals surface area contributed by atoms with Gasteiger partial charge in [-0.3, -0.25) is 14.5 Å². The minimum atomic E-state index is -0.917. The largest absolute Gasteiger partial charge is 0.480 e. The molecule has 2 atom stereocenters. The van der Waals surface area contributed by atoms with Crippen LogP contribution >= 0.6 is 12.4 Å². The fourth-order valence-electron chi connectivity index (χ4n) is 2.20. The first-order valence-electron chi connectivity index (χ1n) is 7.26. The Labute approximate surface area is 138 Å². The van der Waals surface area contributed by atoms with Gasteiger partial charge in [0.05, 0.1) is 18.6 Å². The van der Waals surface area contributed by atoms with Gasteiger partial charge in [0.25, 0.3) is 0 Å². The number of hydrogen-bond acceptors (Lipinski definition) is 3. The lowest BCUT2D eigenvalue weighted by atomic mass is 10.1. The number of rotatable bonds is 8. The number of carboxylic acid groups (broad SMARTS) is 1. The van der Waals surface area contributed by atoms with E-state index in [4.69, 9.17) is 5.11 Å². The second-order valence-corrected chi connectivity index (χ2v) is 5.18. The van der Waals surface area contributed by atoms with Crippen molar-refractivity contribution in [2.45, 2.75) is 39.3 Å². The average molecular weight is 329 g/mol. The summed E-state index contributed by atoms with van der Waals surface area (Å²) in [6.45, 7) is 6.09. The number of halogens is 1. The summed E-state index contributed by atoms with van der Waals surface area (Å²) < 4.78 is 0. The van der Waals surface area contributed by atoms with Crippen molar-refractivity contribution in [1.82, 2.24) is 10.2 Å². The van der Waals surface area contributed by atoms with Gasteiger partial charge in [-0.25, -0.2) is 0 Å². The normalized spacial score (nSPS) is 13.1. The number of hydrogen-bond donors (Lipinski definition) is 2. The maximum Gasteiger partial charge on any atom is 0.317 e. The van der Waals surface area contributed by atoms with Crippen LogP contribution in [0.5, 0.6) is 0 Å². The zero-order chi connectivity index (χ0) is 15.8. The van der Waals surface area contributed by atoms with Gasteiger partial charge in [-0.1, -0.05) is 37.3 Å². The standard InChI is InChI=1S/C16H24N2O3.ClH/c1-4-10-18(11-15(19)20)13(3)16(21)17-12(2)14-8-6-5-7-9-14;/h5-9,12-13H,4,10-11H2,1-3H3,(H,17,21)(H,19,20);1H. The van der Waals surface area contributed by atoms with Crippen LogP contribution in [-0.4, -0.2) is 41.0 Å². The molecule has 1 aromatic rings. The molecule has 22 heavy (non-hydrogen) atoms. The van der Waals surface area contributed by atoms with Crippen molar-refractivity contribution >= 4 is 24.3 Å². The van der Waals surface area contributed by atoms with Gasteiger partial charge in [-0.2, -0.15) is 0 Å². The summed E-state index contributed by atoms with van der Waals surface area (Å²) in [6.07, 6.45) is 0.805. The van der Waals surface area contributed by atoms with E-state index in [-0.39, 0.29) is 30.9 Å². The number of aliphatic carboxylic acids is 1. The van der Waals surface area contributed by atoms with Gasteiger partial charge in [0.15, 0.2) is 0 Å². The molecular formula is C16H25ClN2O3. The number of nitrogens with one attached hydrogen (secondary N) is 1. The molecule has 1 rings (SSSR count). The number of amides is 1. The molecule has 124 valence electrons. The monoisotopic (exact) mass is 328 g/mol. The van der Waals surface area contributed by atoms with Crippen molar-refractivity contribution in [2.75, 3.05) is 13.1 Å². The van der Waals surface area contributed by atoms with E-state index in [1.54, 1.807) is 11.8 Å². The van der Waals surface area contributed by atoms with Crippen LogP contribution in [0, 0.1) is 0 Å². The third kappa shape index (κ3) is 6.45. The Morgan fingerprint density at radius 3 is 2.32 bits per heavy atom. The summed E-state index contributed by atoms with van der Waals surface area (Å²) >= 11 is 0. The van der Waals surface area contributed by atoms with Gasteiger partial charge in [0.2, 0.25) is 5.91 Å². The summed E-state index contributed by atoms with van der Waals surface area (Å²) in [4.78, 5) is 24.8. The van der Waals surface area contributed by atoms with E-state index in [0.29, 0.717) is 6.54 Å². The Balaban J connectivity index is 0.00000441. The topological polar surface area (TPSA) is 69.6 Å². The third-order valence-corrected chi connectivity index (χ3v) is 3.43. The first-order chi connectivity index (χ1) is 9.95. The molecule has 0 aliphatic heterocycles. The third-order valence-electron chi connectivity index (χ3n) is 3.43. The molecule has 0 heterocycles. The molecule has 0 spiro atoms. The number of carbonyl (C=O) groups excluding carboxylic acids is 1. The first-order valence-corrected chi connectivity index (χ1v) is 7.26. The Kier molecular flexibility index (Phi) is 9.45. The molecule has 0 bridgehead atoms. The fourth-order valence-corrected chi connectivity index (χ4v) is 2.20. The zero-order valence-corrected chi connectivity index (χ0v) is 14.1. The van der Waals surface area contributed by atoms with Crippen molar-refractivity contribution in [3.05, 3.63) is 35.9 Å². The summed E-state index contributed by atoms with van der Waals surface area (Å²) in [6, 6.07) is 9.12. The van der Waals surface area contributed by atoms with Gasteiger partial charge < -0.3 is 10.4 Å². The quantitative estimate of drug-likeness (QED) is 0.769. The Bertz CT molecular complexity index is 468. The van der Waals surface area contributed by atoms with Crippen LogP contribution in [-0.2, 0) is 9.59 Å². The van der Waals surface area contributed by atoms with Gasteiger partial charge in [-0.15, -0.1) is 12.4 Å². The molecule has 0 aliphatic rings. The van der Waals surface area contributed by atoms with E-state index in [1.807, 2.05) is 44.2 Å². The Morgan fingerprint density at radius 1 is 1.23 bits per heavy atom. The number of nitrogens with zero attached hydrogens (tertiary/aromatic N) is 1. The van der Waals surface area contributed by atoms with Gasteiger partial charge >= 0.3 is 5.97 Å². The summed E-state index contributed by atoms with van der Waals surface area (Å²) in [7, 11) is 0. The van der Waals surface area contributed by atoms with Crippen molar-refractivity contribution < 1.29 is 14.7 Å². The molecule has 2 unspecified atom stereocenters. The lowest BCUT2D eigenvalue weighted by Gasteiger charge is -2.27. The van der Waals surface area contributed by atoms with Crippen LogP contribution in [0.3, 0.4) is 0 Å². The van der Waals surface area contributed by atoms with Crippen LogP contribution in [0.25, 0.3) is 0 Å². The van der Waals surface area contributed by atoms with E-state index in [2.05, 4.69) is 5.32 Å². The summed E-state index contributed by atoms with van der Waals surface area (Å²) in [5.41, 5.74) is 1.03. The zero-order valence-electron chi connectivity index (χ0n) is 13.3. The molecule has 0 aliphatic carbocycles. The maximum absolute atomic E-state index is 12.3. The second kappa shape index (κ2) is 10.2. The molecule has 5 nitrogen and oxygen atoms in total. The van der Waals surface area contributed by atoms with Gasteiger partial charge in [0.1, 0.15) is 0 Å². The number of carboxylic acids is 1. The minimum absolute atomic E-state index is 0. The predicted molar refractivity (Wildman–Crippen MR) is 89.2 cm³/mol. The lowest BCUT2D eigenvalue weighted by molar-refractivity contribution is -0.139. The van der Waals surface area contributed by atoms with Crippen LogP contribution < -0.4 is 5.32 Å². The predicted octanol–water partition coefficient (Wildman–Crippen LogP) is 2.47.